The van der Waals surface area contributed by atoms with Crippen molar-refractivity contribution in [3.63, 3.8) is 0 Å². The van der Waals surface area contributed by atoms with E-state index in [0.29, 0.717) is 4.47 Å². The van der Waals surface area contributed by atoms with Crippen LogP contribution in [0.4, 0.5) is 17.6 Å². The third-order valence-corrected chi connectivity index (χ3v) is 3.00. The molecule has 1 heterocycles. The summed E-state index contributed by atoms with van der Waals surface area (Å²) >= 11 is 3.04. The lowest BCUT2D eigenvalue weighted by Crippen LogP contribution is -2.24. The van der Waals surface area contributed by atoms with Gasteiger partial charge < -0.3 is 9.62 Å². The summed E-state index contributed by atoms with van der Waals surface area (Å²) in [6, 6.07) is 2.49. The number of oxime groups is 1. The Balaban J connectivity index is 2.77. The Bertz CT molecular complexity index is 675. The van der Waals surface area contributed by atoms with Gasteiger partial charge in [0.25, 0.3) is 0 Å². The van der Waals surface area contributed by atoms with E-state index in [1.165, 1.54) is 13.0 Å². The molecule has 0 unspecified atom stereocenters. The van der Waals surface area contributed by atoms with E-state index in [1.807, 2.05) is 0 Å². The third kappa shape index (κ3) is 2.32. The molecular formula is C11H6BrF4NO2. The molecule has 0 aliphatic carbocycles. The molecule has 0 fully saturated rings. The van der Waals surface area contributed by atoms with E-state index >= 15 is 0 Å². The van der Waals surface area contributed by atoms with Crippen molar-refractivity contribution in [1.82, 2.24) is 0 Å². The van der Waals surface area contributed by atoms with Gasteiger partial charge in [-0.2, -0.15) is 13.2 Å². The number of nitrogens with zero attached hydrogens (tertiary/aromatic N) is 1. The molecule has 0 saturated carbocycles. The molecule has 0 amide bonds. The summed E-state index contributed by atoms with van der Waals surface area (Å²) in [6.07, 6.45) is -4.90. The number of furan rings is 1. The number of hydrogen-bond donors (Lipinski definition) is 1. The van der Waals surface area contributed by atoms with Crippen LogP contribution in [0.25, 0.3) is 11.0 Å². The first-order chi connectivity index (χ1) is 8.75. The van der Waals surface area contributed by atoms with Crippen LogP contribution in [-0.4, -0.2) is 17.1 Å². The van der Waals surface area contributed by atoms with Crippen LogP contribution < -0.4 is 0 Å². The standard InChI is InChI=1S/C11H6BrF4NO2/c1-4-6-2-5(12)3-7(13)9(6)19-8(4)10(17-18)11(14,15)16/h2-3,18H,1H3/b17-10-. The van der Waals surface area contributed by atoms with Gasteiger partial charge in [0.2, 0.25) is 5.71 Å². The Morgan fingerprint density at radius 1 is 1.37 bits per heavy atom. The molecule has 0 saturated heterocycles. The molecular weight excluding hydrogens is 334 g/mol. The molecule has 0 spiro atoms. The minimum atomic E-state index is -4.90. The van der Waals surface area contributed by atoms with Gasteiger partial charge in [-0.05, 0) is 19.1 Å². The number of halogens is 5. The maximum Gasteiger partial charge on any atom is 0.440 e. The largest absolute Gasteiger partial charge is 0.451 e. The predicted molar refractivity (Wildman–Crippen MR) is 63.0 cm³/mol. The van der Waals surface area contributed by atoms with Crippen LogP contribution in [0.1, 0.15) is 11.3 Å². The zero-order valence-corrected chi connectivity index (χ0v) is 10.9. The first kappa shape index (κ1) is 13.9. The van der Waals surface area contributed by atoms with Crippen LogP contribution in [0.15, 0.2) is 26.2 Å². The summed E-state index contributed by atoms with van der Waals surface area (Å²) in [4.78, 5) is 0. The number of aryl methyl sites for hydroxylation is 1. The minimum Gasteiger partial charge on any atom is -0.451 e. The summed E-state index contributed by atoms with van der Waals surface area (Å²) < 4.78 is 56.7. The molecule has 19 heavy (non-hydrogen) atoms. The molecule has 2 rings (SSSR count). The zero-order valence-electron chi connectivity index (χ0n) is 9.35. The van der Waals surface area contributed by atoms with Crippen molar-refractivity contribution in [3.05, 3.63) is 33.7 Å². The van der Waals surface area contributed by atoms with Gasteiger partial charge in [-0.3, -0.25) is 0 Å². The van der Waals surface area contributed by atoms with Gasteiger partial charge in [0.15, 0.2) is 17.2 Å². The van der Waals surface area contributed by atoms with Crippen LogP contribution in [0.2, 0.25) is 0 Å². The minimum absolute atomic E-state index is 0.0420. The molecule has 1 aromatic heterocycles. The number of benzene rings is 1. The lowest BCUT2D eigenvalue weighted by Gasteiger charge is -2.06. The highest BCUT2D eigenvalue weighted by molar-refractivity contribution is 9.10. The van der Waals surface area contributed by atoms with Gasteiger partial charge in [-0.25, -0.2) is 4.39 Å². The van der Waals surface area contributed by atoms with Gasteiger partial charge in [0, 0.05) is 15.4 Å². The third-order valence-electron chi connectivity index (χ3n) is 2.54. The lowest BCUT2D eigenvalue weighted by atomic mass is 10.1. The number of rotatable bonds is 1. The van der Waals surface area contributed by atoms with Crippen molar-refractivity contribution in [2.24, 2.45) is 5.16 Å². The van der Waals surface area contributed by atoms with Crippen LogP contribution in [0.3, 0.4) is 0 Å². The second-order valence-electron chi connectivity index (χ2n) is 3.77. The Kier molecular flexibility index (Phi) is 3.29. The van der Waals surface area contributed by atoms with Gasteiger partial charge in [-0.1, -0.05) is 21.1 Å². The molecule has 0 radical (unpaired) electrons. The van der Waals surface area contributed by atoms with E-state index < -0.39 is 23.5 Å². The summed E-state index contributed by atoms with van der Waals surface area (Å²) in [6.45, 7) is 1.32. The number of fused-ring (bicyclic) bond motifs is 1. The highest BCUT2D eigenvalue weighted by atomic mass is 79.9. The van der Waals surface area contributed by atoms with Gasteiger partial charge in [0.1, 0.15) is 0 Å². The summed E-state index contributed by atoms with van der Waals surface area (Å²) in [5.74, 6) is -1.51. The summed E-state index contributed by atoms with van der Waals surface area (Å²) in [5, 5.41) is 10.9. The predicted octanol–water partition coefficient (Wildman–Crippen LogP) is 4.38. The summed E-state index contributed by atoms with van der Waals surface area (Å²) in [7, 11) is 0. The monoisotopic (exact) mass is 339 g/mol. The maximum atomic E-state index is 13.6. The van der Waals surface area contributed by atoms with E-state index in [1.54, 1.807) is 0 Å². The Morgan fingerprint density at radius 2 is 2.00 bits per heavy atom. The average Bonchev–Trinajstić information content (AvgIpc) is 2.57. The first-order valence-corrected chi connectivity index (χ1v) is 5.72. The molecule has 1 N–H and O–H groups in total. The fourth-order valence-electron chi connectivity index (χ4n) is 1.70. The van der Waals surface area contributed by atoms with Crippen LogP contribution in [0.5, 0.6) is 0 Å². The molecule has 0 aliphatic rings. The zero-order chi connectivity index (χ0) is 14.4. The maximum absolute atomic E-state index is 13.6. The number of alkyl halides is 3. The normalized spacial score (nSPS) is 13.3. The highest BCUT2D eigenvalue weighted by Crippen LogP contribution is 2.34. The Morgan fingerprint density at radius 3 is 2.53 bits per heavy atom. The van der Waals surface area contributed by atoms with Crippen LogP contribution >= 0.6 is 15.9 Å². The first-order valence-electron chi connectivity index (χ1n) is 4.93. The smallest absolute Gasteiger partial charge is 0.440 e. The highest BCUT2D eigenvalue weighted by Gasteiger charge is 2.41. The van der Waals surface area contributed by atoms with Crippen LogP contribution in [-0.2, 0) is 0 Å². The fraction of sp³-hybridized carbons (Fsp3) is 0.182. The fourth-order valence-corrected chi connectivity index (χ4v) is 2.13. The van der Waals surface area contributed by atoms with Gasteiger partial charge in [-0.15, -0.1) is 0 Å². The topological polar surface area (TPSA) is 45.7 Å². The molecule has 102 valence electrons. The molecule has 0 aliphatic heterocycles. The molecule has 1 aromatic carbocycles. The molecule has 2 aromatic rings. The summed E-state index contributed by atoms with van der Waals surface area (Å²) in [5.41, 5.74) is -1.88. The van der Waals surface area contributed by atoms with Gasteiger partial charge >= 0.3 is 6.18 Å². The average molecular weight is 340 g/mol. The van der Waals surface area contributed by atoms with Crippen molar-refractivity contribution in [1.29, 1.82) is 0 Å². The second kappa shape index (κ2) is 4.52. The van der Waals surface area contributed by atoms with Crippen molar-refractivity contribution < 1.29 is 27.2 Å². The molecule has 3 nitrogen and oxygen atoms in total. The lowest BCUT2D eigenvalue weighted by molar-refractivity contribution is -0.0609. The van der Waals surface area contributed by atoms with Crippen LogP contribution in [0, 0.1) is 12.7 Å². The Labute approximate surface area is 112 Å². The van der Waals surface area contributed by atoms with E-state index in [9.17, 15) is 17.6 Å². The van der Waals surface area contributed by atoms with E-state index in [2.05, 4.69) is 21.1 Å². The quantitative estimate of drug-likeness (QED) is 0.362. The Hall–Kier alpha value is -1.57. The SMILES string of the molecule is Cc1c(/C(=N/O)C(F)(F)F)oc2c(F)cc(Br)cc12. The van der Waals surface area contributed by atoms with Crippen molar-refractivity contribution in [2.45, 2.75) is 13.1 Å². The molecule has 0 atom stereocenters. The van der Waals surface area contributed by atoms with E-state index in [4.69, 9.17) is 9.62 Å². The molecule has 0 bridgehead atoms. The van der Waals surface area contributed by atoms with Crippen molar-refractivity contribution in [3.8, 4) is 0 Å². The van der Waals surface area contributed by atoms with Crippen molar-refractivity contribution >= 4 is 32.6 Å². The van der Waals surface area contributed by atoms with Gasteiger partial charge in [0.05, 0.1) is 0 Å². The van der Waals surface area contributed by atoms with E-state index in [-0.39, 0.29) is 16.5 Å². The second-order valence-corrected chi connectivity index (χ2v) is 4.68. The molecule has 8 heteroatoms. The van der Waals surface area contributed by atoms with Crippen molar-refractivity contribution in [2.75, 3.05) is 0 Å². The number of hydrogen-bond acceptors (Lipinski definition) is 3. The van der Waals surface area contributed by atoms with E-state index in [0.717, 1.165) is 6.07 Å².